The number of carbonyl (C=O) groups excluding carboxylic acids is 1. The molecule has 31 heavy (non-hydrogen) atoms. The second-order valence-electron chi connectivity index (χ2n) is 7.18. The Morgan fingerprint density at radius 2 is 1.81 bits per heavy atom. The fourth-order valence-electron chi connectivity index (χ4n) is 3.87. The van der Waals surface area contributed by atoms with Crippen molar-refractivity contribution in [3.05, 3.63) is 76.9 Å². The molecule has 3 aromatic rings. The monoisotopic (exact) mass is 439 g/mol. The van der Waals surface area contributed by atoms with E-state index in [0.29, 0.717) is 33.9 Å². The van der Waals surface area contributed by atoms with Gasteiger partial charge < -0.3 is 14.2 Å². The molecule has 4 rings (SSSR count). The minimum atomic E-state index is -3.71. The molecule has 0 spiro atoms. The fraction of sp³-hybridized carbons (Fsp3) is 0.174. The largest absolute Gasteiger partial charge is 0.493 e. The fourth-order valence-corrected chi connectivity index (χ4v) is 4.51. The van der Waals surface area contributed by atoms with Crippen LogP contribution >= 0.6 is 0 Å². The van der Waals surface area contributed by atoms with Gasteiger partial charge >= 0.3 is 0 Å². The molecular formula is C23H21NO6S. The Morgan fingerprint density at radius 3 is 2.48 bits per heavy atom. The quantitative estimate of drug-likeness (QED) is 0.590. The average molecular weight is 439 g/mol. The number of nitrogens with two attached hydrogens (primary N) is 1. The third-order valence-electron chi connectivity index (χ3n) is 5.18. The molecule has 0 saturated carbocycles. The van der Waals surface area contributed by atoms with Crippen LogP contribution in [0.15, 0.2) is 54.6 Å². The molecule has 0 radical (unpaired) electrons. The van der Waals surface area contributed by atoms with E-state index in [1.807, 2.05) is 12.1 Å². The van der Waals surface area contributed by atoms with Crippen LogP contribution in [0, 0.1) is 0 Å². The third-order valence-corrected chi connectivity index (χ3v) is 5.91. The lowest BCUT2D eigenvalue weighted by atomic mass is 9.86. The average Bonchev–Trinajstić information content (AvgIpc) is 2.76. The summed E-state index contributed by atoms with van der Waals surface area (Å²) in [7, 11) is -0.607. The molecule has 0 aliphatic carbocycles. The van der Waals surface area contributed by atoms with Crippen molar-refractivity contribution in [1.29, 1.82) is 0 Å². The number of hydrogen-bond donors (Lipinski definition) is 1. The molecule has 7 nitrogen and oxygen atoms in total. The number of carbonyl (C=O) groups is 1. The lowest BCUT2D eigenvalue weighted by Crippen LogP contribution is -2.18. The number of rotatable bonds is 6. The van der Waals surface area contributed by atoms with E-state index in [0.717, 1.165) is 23.0 Å². The highest BCUT2D eigenvalue weighted by Crippen LogP contribution is 2.47. The Balaban J connectivity index is 1.92. The van der Waals surface area contributed by atoms with Gasteiger partial charge in [-0.2, -0.15) is 0 Å². The number of methoxy groups -OCH3 is 2. The van der Waals surface area contributed by atoms with Crippen LogP contribution < -0.4 is 19.3 Å². The number of fused-ring (bicyclic) bond motifs is 3. The van der Waals surface area contributed by atoms with Gasteiger partial charge in [-0.25, -0.2) is 13.6 Å². The maximum absolute atomic E-state index is 11.7. The van der Waals surface area contributed by atoms with Gasteiger partial charge in [-0.05, 0) is 29.3 Å². The molecule has 0 amide bonds. The van der Waals surface area contributed by atoms with Gasteiger partial charge in [-0.15, -0.1) is 0 Å². The van der Waals surface area contributed by atoms with Crippen molar-refractivity contribution in [3.8, 4) is 28.4 Å². The SMILES string of the molecule is COc1ccc(C2Oc3cccc(C=O)c3-c3ccc(CS(N)(=O)=O)cc32)cc1OC. The summed E-state index contributed by atoms with van der Waals surface area (Å²) in [5.41, 5.74) is 4.00. The smallest absolute Gasteiger partial charge is 0.213 e. The minimum Gasteiger partial charge on any atom is -0.493 e. The van der Waals surface area contributed by atoms with Gasteiger partial charge in [0.15, 0.2) is 17.8 Å². The van der Waals surface area contributed by atoms with E-state index in [-0.39, 0.29) is 5.75 Å². The molecule has 1 atom stereocenters. The maximum atomic E-state index is 11.7. The van der Waals surface area contributed by atoms with Crippen molar-refractivity contribution < 1.29 is 27.4 Å². The van der Waals surface area contributed by atoms with Crippen LogP contribution in [0.1, 0.15) is 33.2 Å². The number of primary sulfonamides is 1. The Hall–Kier alpha value is -3.36. The van der Waals surface area contributed by atoms with E-state index in [2.05, 4.69) is 0 Å². The van der Waals surface area contributed by atoms with Gasteiger partial charge in [0.1, 0.15) is 11.9 Å². The Morgan fingerprint density at radius 1 is 1.03 bits per heavy atom. The lowest BCUT2D eigenvalue weighted by Gasteiger charge is -2.30. The van der Waals surface area contributed by atoms with E-state index in [1.54, 1.807) is 56.7 Å². The Bertz CT molecular complexity index is 1270. The topological polar surface area (TPSA) is 105 Å². The summed E-state index contributed by atoms with van der Waals surface area (Å²) in [5, 5.41) is 5.25. The highest BCUT2D eigenvalue weighted by atomic mass is 32.2. The zero-order chi connectivity index (χ0) is 22.2. The molecule has 1 unspecified atom stereocenters. The zero-order valence-corrected chi connectivity index (χ0v) is 17.8. The molecule has 8 heteroatoms. The van der Waals surface area contributed by atoms with Crippen molar-refractivity contribution in [2.75, 3.05) is 14.2 Å². The molecule has 160 valence electrons. The van der Waals surface area contributed by atoms with E-state index in [1.165, 1.54) is 0 Å². The van der Waals surface area contributed by atoms with Crippen LogP contribution in [0.25, 0.3) is 11.1 Å². The second kappa shape index (κ2) is 8.05. The highest BCUT2D eigenvalue weighted by molar-refractivity contribution is 7.88. The first-order valence-electron chi connectivity index (χ1n) is 9.45. The Kier molecular flexibility index (Phi) is 5.43. The summed E-state index contributed by atoms with van der Waals surface area (Å²) in [6.45, 7) is 0. The summed E-state index contributed by atoms with van der Waals surface area (Å²) in [6.07, 6.45) is 0.227. The molecule has 1 aliphatic rings. The number of aldehydes is 1. The summed E-state index contributed by atoms with van der Waals surface area (Å²) in [5.74, 6) is 1.38. The van der Waals surface area contributed by atoms with Gasteiger partial charge in [0.05, 0.1) is 20.0 Å². The number of hydrogen-bond acceptors (Lipinski definition) is 6. The van der Waals surface area contributed by atoms with Gasteiger partial charge in [0.2, 0.25) is 10.0 Å². The van der Waals surface area contributed by atoms with E-state index < -0.39 is 16.1 Å². The maximum Gasteiger partial charge on any atom is 0.213 e. The number of ether oxygens (including phenoxy) is 3. The molecule has 0 saturated heterocycles. The van der Waals surface area contributed by atoms with Crippen LogP contribution in [0.2, 0.25) is 0 Å². The van der Waals surface area contributed by atoms with Gasteiger partial charge in [-0.3, -0.25) is 4.79 Å². The predicted octanol–water partition coefficient (Wildman–Crippen LogP) is 3.45. The molecule has 1 heterocycles. The standard InChI is InChI=1S/C23H21NO6S/c1-28-19-9-7-15(11-21(19)29-2)23-18-10-14(13-31(24,26)27)6-8-17(18)22-16(12-25)4-3-5-20(22)30-23/h3-12,23H,13H2,1-2H3,(H2,24,26,27). The van der Waals surface area contributed by atoms with Crippen LogP contribution in [0.5, 0.6) is 17.2 Å². The first kappa shape index (κ1) is 20.9. The molecule has 0 fully saturated rings. The van der Waals surface area contributed by atoms with Crippen molar-refractivity contribution in [1.82, 2.24) is 0 Å². The molecule has 0 aromatic heterocycles. The summed E-state index contributed by atoms with van der Waals surface area (Å²) in [4.78, 5) is 11.7. The van der Waals surface area contributed by atoms with Crippen LogP contribution in [-0.2, 0) is 15.8 Å². The lowest BCUT2D eigenvalue weighted by molar-refractivity contribution is 0.112. The zero-order valence-electron chi connectivity index (χ0n) is 17.0. The van der Waals surface area contributed by atoms with Crippen LogP contribution in [0.3, 0.4) is 0 Å². The van der Waals surface area contributed by atoms with Crippen LogP contribution in [-0.4, -0.2) is 28.9 Å². The summed E-state index contributed by atoms with van der Waals surface area (Å²) >= 11 is 0. The van der Waals surface area contributed by atoms with Crippen molar-refractivity contribution in [2.24, 2.45) is 5.14 Å². The number of sulfonamides is 1. The van der Waals surface area contributed by atoms with Crippen molar-refractivity contribution in [2.45, 2.75) is 11.9 Å². The first-order chi connectivity index (χ1) is 14.8. The van der Waals surface area contributed by atoms with Crippen molar-refractivity contribution >= 4 is 16.3 Å². The van der Waals surface area contributed by atoms with Crippen molar-refractivity contribution in [3.63, 3.8) is 0 Å². The summed E-state index contributed by atoms with van der Waals surface area (Å²) < 4.78 is 40.3. The van der Waals surface area contributed by atoms with E-state index in [9.17, 15) is 13.2 Å². The molecule has 2 N–H and O–H groups in total. The predicted molar refractivity (Wildman–Crippen MR) is 116 cm³/mol. The van der Waals surface area contributed by atoms with Gasteiger partial charge in [-0.1, -0.05) is 36.4 Å². The molecular weight excluding hydrogens is 418 g/mol. The highest BCUT2D eigenvalue weighted by Gasteiger charge is 2.30. The normalized spacial score (nSPS) is 14.7. The first-order valence-corrected chi connectivity index (χ1v) is 11.2. The van der Waals surface area contributed by atoms with E-state index >= 15 is 0 Å². The van der Waals surface area contributed by atoms with Gasteiger partial charge in [0, 0.05) is 22.3 Å². The second-order valence-corrected chi connectivity index (χ2v) is 8.79. The molecule has 0 bridgehead atoms. The summed E-state index contributed by atoms with van der Waals surface area (Å²) in [6, 6.07) is 16.0. The number of benzene rings is 3. The van der Waals surface area contributed by atoms with Crippen LogP contribution in [0.4, 0.5) is 0 Å². The molecule has 3 aromatic carbocycles. The van der Waals surface area contributed by atoms with E-state index in [4.69, 9.17) is 19.3 Å². The minimum absolute atomic E-state index is 0.304. The Labute approximate surface area is 180 Å². The van der Waals surface area contributed by atoms with Gasteiger partial charge in [0.25, 0.3) is 0 Å². The third kappa shape index (κ3) is 3.99. The molecule has 1 aliphatic heterocycles.